The Morgan fingerprint density at radius 2 is 1.74 bits per heavy atom. The van der Waals surface area contributed by atoms with Crippen LogP contribution in [0.25, 0.3) is 0 Å². The summed E-state index contributed by atoms with van der Waals surface area (Å²) in [4.78, 5) is 22.5. The first-order chi connectivity index (χ1) is 13.0. The smallest absolute Gasteiger partial charge is 0.269 e. The van der Waals surface area contributed by atoms with Crippen LogP contribution in [-0.2, 0) is 0 Å². The molecule has 0 heterocycles. The normalized spacial score (nSPS) is 11.5. The molecular formula is C19H22N2O6. The van der Waals surface area contributed by atoms with E-state index in [1.54, 1.807) is 18.2 Å². The Morgan fingerprint density at radius 1 is 1.11 bits per heavy atom. The minimum Gasteiger partial charge on any atom is -0.490 e. The maximum Gasteiger partial charge on any atom is 0.269 e. The summed E-state index contributed by atoms with van der Waals surface area (Å²) in [6.07, 6.45) is -0.983. The first-order valence-corrected chi connectivity index (χ1v) is 8.56. The van der Waals surface area contributed by atoms with E-state index in [0.29, 0.717) is 35.8 Å². The van der Waals surface area contributed by atoms with Gasteiger partial charge in [-0.2, -0.15) is 0 Å². The summed E-state index contributed by atoms with van der Waals surface area (Å²) in [6.45, 7) is 4.57. The first-order valence-electron chi connectivity index (χ1n) is 8.56. The molecule has 0 saturated heterocycles. The summed E-state index contributed by atoms with van der Waals surface area (Å²) >= 11 is 0. The van der Waals surface area contributed by atoms with Crippen molar-refractivity contribution in [3.63, 3.8) is 0 Å². The highest BCUT2D eigenvalue weighted by Gasteiger charge is 2.15. The van der Waals surface area contributed by atoms with Crippen molar-refractivity contribution < 1.29 is 24.3 Å². The highest BCUT2D eigenvalue weighted by atomic mass is 16.6. The number of hydrogen-bond acceptors (Lipinski definition) is 6. The van der Waals surface area contributed by atoms with Crippen LogP contribution in [-0.4, -0.2) is 35.7 Å². The molecule has 144 valence electrons. The van der Waals surface area contributed by atoms with Gasteiger partial charge in [-0.15, -0.1) is 0 Å². The summed E-state index contributed by atoms with van der Waals surface area (Å²) in [7, 11) is 0. The summed E-state index contributed by atoms with van der Waals surface area (Å²) in [5.74, 6) is 0.657. The third kappa shape index (κ3) is 5.42. The Labute approximate surface area is 156 Å². The Hall–Kier alpha value is -3.13. The molecule has 2 aromatic carbocycles. The second kappa shape index (κ2) is 9.54. The number of nitrogens with one attached hydrogen (secondary N) is 1. The van der Waals surface area contributed by atoms with Crippen LogP contribution in [0.5, 0.6) is 11.5 Å². The second-order valence-corrected chi connectivity index (χ2v) is 5.60. The lowest BCUT2D eigenvalue weighted by Crippen LogP contribution is -2.28. The van der Waals surface area contributed by atoms with Crippen LogP contribution in [0, 0.1) is 10.1 Å². The Bertz CT molecular complexity index is 791. The van der Waals surface area contributed by atoms with Crippen molar-refractivity contribution in [2.24, 2.45) is 0 Å². The van der Waals surface area contributed by atoms with Gasteiger partial charge in [-0.05, 0) is 49.7 Å². The van der Waals surface area contributed by atoms with Crippen molar-refractivity contribution in [1.82, 2.24) is 5.32 Å². The van der Waals surface area contributed by atoms with E-state index >= 15 is 0 Å². The Kier molecular flexibility index (Phi) is 7.13. The van der Waals surface area contributed by atoms with E-state index in [1.165, 1.54) is 24.3 Å². The highest BCUT2D eigenvalue weighted by Crippen LogP contribution is 2.28. The molecule has 0 aliphatic heterocycles. The molecule has 1 unspecified atom stereocenters. The molecule has 0 bridgehead atoms. The van der Waals surface area contributed by atoms with Crippen LogP contribution >= 0.6 is 0 Å². The second-order valence-electron chi connectivity index (χ2n) is 5.60. The van der Waals surface area contributed by atoms with E-state index in [0.717, 1.165) is 0 Å². The average Bonchev–Trinajstić information content (AvgIpc) is 2.67. The molecule has 2 N–H and O–H groups in total. The van der Waals surface area contributed by atoms with E-state index in [2.05, 4.69) is 5.32 Å². The van der Waals surface area contributed by atoms with Gasteiger partial charge < -0.3 is 19.9 Å². The van der Waals surface area contributed by atoms with Gasteiger partial charge in [-0.1, -0.05) is 0 Å². The zero-order chi connectivity index (χ0) is 19.8. The molecule has 0 aromatic heterocycles. The van der Waals surface area contributed by atoms with Crippen LogP contribution in [0.1, 0.15) is 35.9 Å². The van der Waals surface area contributed by atoms with Gasteiger partial charge >= 0.3 is 0 Å². The van der Waals surface area contributed by atoms with Crippen molar-refractivity contribution in [2.75, 3.05) is 19.8 Å². The predicted molar refractivity (Wildman–Crippen MR) is 99.2 cm³/mol. The maximum atomic E-state index is 12.3. The highest BCUT2D eigenvalue weighted by molar-refractivity contribution is 5.94. The zero-order valence-electron chi connectivity index (χ0n) is 15.2. The Balaban J connectivity index is 2.01. The summed E-state index contributed by atoms with van der Waals surface area (Å²) in [5.41, 5.74) is 0.785. The van der Waals surface area contributed by atoms with Gasteiger partial charge in [0, 0.05) is 24.2 Å². The van der Waals surface area contributed by atoms with Crippen LogP contribution < -0.4 is 14.8 Å². The van der Waals surface area contributed by atoms with Crippen molar-refractivity contribution in [2.45, 2.75) is 20.0 Å². The number of nitrogens with zero attached hydrogens (tertiary/aromatic N) is 1. The van der Waals surface area contributed by atoms with Gasteiger partial charge in [0.1, 0.15) is 0 Å². The van der Waals surface area contributed by atoms with Gasteiger partial charge in [0.05, 0.1) is 24.2 Å². The lowest BCUT2D eigenvalue weighted by molar-refractivity contribution is -0.384. The van der Waals surface area contributed by atoms with E-state index in [1.807, 2.05) is 13.8 Å². The maximum absolute atomic E-state index is 12.3. The molecule has 0 saturated carbocycles. The molecule has 2 aromatic rings. The van der Waals surface area contributed by atoms with Crippen LogP contribution in [0.2, 0.25) is 0 Å². The number of aliphatic hydroxyl groups excluding tert-OH is 1. The molecule has 27 heavy (non-hydrogen) atoms. The lowest BCUT2D eigenvalue weighted by Gasteiger charge is -2.14. The van der Waals surface area contributed by atoms with Crippen molar-refractivity contribution >= 4 is 11.6 Å². The van der Waals surface area contributed by atoms with Gasteiger partial charge in [-0.25, -0.2) is 0 Å². The number of carbonyl (C=O) groups is 1. The molecule has 1 atom stereocenters. The lowest BCUT2D eigenvalue weighted by atomic mass is 10.1. The zero-order valence-corrected chi connectivity index (χ0v) is 15.2. The van der Waals surface area contributed by atoms with Gasteiger partial charge in [-0.3, -0.25) is 14.9 Å². The topological polar surface area (TPSA) is 111 Å². The van der Waals surface area contributed by atoms with Crippen LogP contribution in [0.15, 0.2) is 42.5 Å². The molecule has 0 aliphatic carbocycles. The SMILES string of the molecule is CCOc1ccc(C(=O)NCC(O)c2ccc([N+](=O)[O-])cc2)cc1OCC. The minimum absolute atomic E-state index is 0.0339. The van der Waals surface area contributed by atoms with Crippen LogP contribution in [0.4, 0.5) is 5.69 Å². The molecule has 1 amide bonds. The number of nitro groups is 1. The monoisotopic (exact) mass is 374 g/mol. The number of rotatable bonds is 9. The molecule has 8 heteroatoms. The fraction of sp³-hybridized carbons (Fsp3) is 0.316. The summed E-state index contributed by atoms with van der Waals surface area (Å²) in [5, 5.41) is 23.5. The van der Waals surface area contributed by atoms with Gasteiger partial charge in [0.15, 0.2) is 11.5 Å². The van der Waals surface area contributed by atoms with Gasteiger partial charge in [0.25, 0.3) is 11.6 Å². The largest absolute Gasteiger partial charge is 0.490 e. The first kappa shape index (κ1) is 20.2. The predicted octanol–water partition coefficient (Wildman–Crippen LogP) is 2.86. The van der Waals surface area contributed by atoms with E-state index < -0.39 is 11.0 Å². The molecule has 8 nitrogen and oxygen atoms in total. The third-order valence-corrected chi connectivity index (χ3v) is 3.75. The molecule has 0 spiro atoms. The van der Waals surface area contributed by atoms with E-state index in [9.17, 15) is 20.0 Å². The number of aliphatic hydroxyl groups is 1. The number of benzene rings is 2. The van der Waals surface area contributed by atoms with Crippen LogP contribution in [0.3, 0.4) is 0 Å². The Morgan fingerprint density at radius 3 is 2.33 bits per heavy atom. The number of amides is 1. The molecule has 2 rings (SSSR count). The fourth-order valence-electron chi connectivity index (χ4n) is 2.42. The van der Waals surface area contributed by atoms with Gasteiger partial charge in [0.2, 0.25) is 0 Å². The quantitative estimate of drug-likeness (QED) is 0.516. The number of nitro benzene ring substituents is 1. The standard InChI is InChI=1S/C19H22N2O6/c1-3-26-17-10-7-14(11-18(17)27-4-2)19(23)20-12-16(22)13-5-8-15(9-6-13)21(24)25/h5-11,16,22H,3-4,12H2,1-2H3,(H,20,23). The summed E-state index contributed by atoms with van der Waals surface area (Å²) < 4.78 is 11.0. The van der Waals surface area contributed by atoms with E-state index in [-0.39, 0.29) is 18.1 Å². The minimum atomic E-state index is -0.983. The third-order valence-electron chi connectivity index (χ3n) is 3.75. The average molecular weight is 374 g/mol. The number of carbonyl (C=O) groups excluding carboxylic acids is 1. The molecule has 0 aliphatic rings. The van der Waals surface area contributed by atoms with Crippen molar-refractivity contribution in [3.8, 4) is 11.5 Å². The van der Waals surface area contributed by atoms with E-state index in [4.69, 9.17) is 9.47 Å². The number of non-ortho nitro benzene ring substituents is 1. The number of hydrogen-bond donors (Lipinski definition) is 2. The molecule has 0 fully saturated rings. The number of ether oxygens (including phenoxy) is 2. The molecular weight excluding hydrogens is 352 g/mol. The van der Waals surface area contributed by atoms with Crippen molar-refractivity contribution in [3.05, 3.63) is 63.7 Å². The molecule has 0 radical (unpaired) electrons. The fourth-order valence-corrected chi connectivity index (χ4v) is 2.42. The summed E-state index contributed by atoms with van der Waals surface area (Å²) in [6, 6.07) is 10.4. The van der Waals surface area contributed by atoms with Crippen molar-refractivity contribution in [1.29, 1.82) is 0 Å².